The highest BCUT2D eigenvalue weighted by Crippen LogP contribution is 2.28. The Kier molecular flexibility index (Phi) is 9.93. The number of hydrogen-bond acceptors (Lipinski definition) is 6. The Hall–Kier alpha value is -4.60. The summed E-state index contributed by atoms with van der Waals surface area (Å²) in [7, 11) is 1.52. The number of benzene rings is 3. The Bertz CT molecular complexity index is 1530. The van der Waals surface area contributed by atoms with E-state index in [0.717, 1.165) is 4.90 Å². The van der Waals surface area contributed by atoms with Crippen LogP contribution >= 0.6 is 23.4 Å². The maximum absolute atomic E-state index is 13.2. The van der Waals surface area contributed by atoms with Gasteiger partial charge in [-0.3, -0.25) is 19.4 Å². The summed E-state index contributed by atoms with van der Waals surface area (Å²) in [6, 6.07) is 24.2. The lowest BCUT2D eigenvalue weighted by Crippen LogP contribution is -2.30. The Morgan fingerprint density at radius 3 is 2.45 bits per heavy atom. The molecule has 0 aliphatic carbocycles. The number of ether oxygens (including phenoxy) is 1. The Labute approximate surface area is 240 Å². The number of rotatable bonds is 10. The van der Waals surface area contributed by atoms with Gasteiger partial charge in [0.2, 0.25) is 5.91 Å². The first-order valence-corrected chi connectivity index (χ1v) is 13.4. The van der Waals surface area contributed by atoms with Gasteiger partial charge in [0, 0.05) is 34.2 Å². The van der Waals surface area contributed by atoms with E-state index in [4.69, 9.17) is 16.3 Å². The van der Waals surface area contributed by atoms with Crippen molar-refractivity contribution in [2.24, 2.45) is 0 Å². The van der Waals surface area contributed by atoms with E-state index in [-0.39, 0.29) is 17.4 Å². The molecule has 4 aromatic rings. The van der Waals surface area contributed by atoms with Gasteiger partial charge >= 0.3 is 0 Å². The molecule has 0 saturated carbocycles. The van der Waals surface area contributed by atoms with Gasteiger partial charge in [-0.2, -0.15) is 0 Å². The van der Waals surface area contributed by atoms with Crippen LogP contribution in [-0.2, 0) is 9.59 Å². The van der Waals surface area contributed by atoms with Crippen molar-refractivity contribution >= 4 is 58.5 Å². The van der Waals surface area contributed by atoms with Crippen molar-refractivity contribution in [1.29, 1.82) is 0 Å². The van der Waals surface area contributed by atoms with Gasteiger partial charge in [0.1, 0.15) is 11.4 Å². The van der Waals surface area contributed by atoms with Crippen LogP contribution in [-0.4, -0.2) is 35.6 Å². The molecule has 0 radical (unpaired) electrons. The predicted molar refractivity (Wildman–Crippen MR) is 159 cm³/mol. The molecule has 0 spiro atoms. The van der Waals surface area contributed by atoms with Crippen LogP contribution < -0.4 is 20.7 Å². The summed E-state index contributed by atoms with van der Waals surface area (Å²) in [5.74, 6) is -0.485. The van der Waals surface area contributed by atoms with Gasteiger partial charge in [-0.05, 0) is 66.2 Å². The largest absolute Gasteiger partial charge is 0.495 e. The molecule has 0 saturated heterocycles. The van der Waals surface area contributed by atoms with E-state index in [0.29, 0.717) is 33.3 Å². The number of thioether (sulfide) groups is 1. The molecule has 0 fully saturated rings. The van der Waals surface area contributed by atoms with Gasteiger partial charge in [-0.25, -0.2) is 0 Å². The molecule has 0 aliphatic heterocycles. The Balaban J connectivity index is 1.41. The second-order valence-corrected chi connectivity index (χ2v) is 9.79. The van der Waals surface area contributed by atoms with Crippen LogP contribution in [0.15, 0.2) is 108 Å². The number of amides is 3. The molecule has 1 heterocycles. The van der Waals surface area contributed by atoms with Gasteiger partial charge in [0.25, 0.3) is 11.8 Å². The topological polar surface area (TPSA) is 109 Å². The molecule has 3 N–H and O–H groups in total. The lowest BCUT2D eigenvalue weighted by molar-refractivity contribution is -0.114. The number of carbonyl (C=O) groups is 3. The first-order valence-electron chi connectivity index (χ1n) is 12.1. The summed E-state index contributed by atoms with van der Waals surface area (Å²) in [6.45, 7) is 0. The molecule has 40 heavy (non-hydrogen) atoms. The standard InChI is InChI=1S/C30H25ClN4O4S/c1-39-27-13-12-23(17-25(27)31)33-28(36)19-40-24-11-5-10-22(16-24)34-30(38)26(15-20-7-6-14-32-18-20)35-29(37)21-8-3-2-4-9-21/h2-18H,19H2,1H3,(H,33,36)(H,34,38)(H,35,37)/b26-15-. The monoisotopic (exact) mass is 572 g/mol. The van der Waals surface area contributed by atoms with Gasteiger partial charge < -0.3 is 20.7 Å². The molecular weight excluding hydrogens is 548 g/mol. The van der Waals surface area contributed by atoms with Crippen LogP contribution in [0.5, 0.6) is 5.75 Å². The number of aromatic nitrogens is 1. The highest BCUT2D eigenvalue weighted by molar-refractivity contribution is 8.00. The third-order valence-electron chi connectivity index (χ3n) is 5.42. The van der Waals surface area contributed by atoms with Crippen molar-refractivity contribution in [1.82, 2.24) is 10.3 Å². The fourth-order valence-corrected chi connectivity index (χ4v) is 4.54. The number of anilines is 2. The summed E-state index contributed by atoms with van der Waals surface area (Å²) < 4.78 is 5.13. The first-order chi connectivity index (χ1) is 19.4. The smallest absolute Gasteiger partial charge is 0.272 e. The molecule has 8 nitrogen and oxygen atoms in total. The van der Waals surface area contributed by atoms with Gasteiger partial charge in [-0.15, -0.1) is 11.8 Å². The van der Waals surface area contributed by atoms with Crippen LogP contribution in [0.2, 0.25) is 5.02 Å². The number of methoxy groups -OCH3 is 1. The van der Waals surface area contributed by atoms with Crippen LogP contribution in [0.1, 0.15) is 15.9 Å². The maximum Gasteiger partial charge on any atom is 0.272 e. The van der Waals surface area contributed by atoms with Gasteiger partial charge in [-0.1, -0.05) is 41.9 Å². The number of carbonyl (C=O) groups excluding carboxylic acids is 3. The van der Waals surface area contributed by atoms with Gasteiger partial charge in [0.05, 0.1) is 17.9 Å². The predicted octanol–water partition coefficient (Wildman–Crippen LogP) is 5.88. The molecule has 0 aliphatic rings. The van der Waals surface area contributed by atoms with Crippen LogP contribution in [0, 0.1) is 0 Å². The lowest BCUT2D eigenvalue weighted by Gasteiger charge is -2.12. The number of halogens is 1. The number of nitrogens with one attached hydrogen (secondary N) is 3. The first kappa shape index (κ1) is 28.4. The zero-order valence-corrected chi connectivity index (χ0v) is 23.0. The van der Waals surface area contributed by atoms with Gasteiger partial charge in [0.15, 0.2) is 0 Å². The van der Waals surface area contributed by atoms with E-state index < -0.39 is 11.8 Å². The third kappa shape index (κ3) is 8.20. The van der Waals surface area contributed by atoms with Crippen LogP contribution in [0.25, 0.3) is 6.08 Å². The average molecular weight is 573 g/mol. The second kappa shape index (κ2) is 14.0. The second-order valence-electron chi connectivity index (χ2n) is 8.33. The summed E-state index contributed by atoms with van der Waals surface area (Å²) in [5.41, 5.74) is 2.18. The molecule has 4 rings (SSSR count). The van der Waals surface area contributed by atoms with E-state index >= 15 is 0 Å². The Morgan fingerprint density at radius 2 is 1.73 bits per heavy atom. The van der Waals surface area contributed by atoms with Crippen molar-refractivity contribution < 1.29 is 19.1 Å². The molecule has 0 bridgehead atoms. The normalized spacial score (nSPS) is 10.9. The molecule has 202 valence electrons. The number of hydrogen-bond donors (Lipinski definition) is 3. The quantitative estimate of drug-likeness (QED) is 0.162. The van der Waals surface area contributed by atoms with Crippen molar-refractivity contribution in [2.75, 3.05) is 23.5 Å². The number of pyridine rings is 1. The molecular formula is C30H25ClN4O4S. The minimum absolute atomic E-state index is 0.0532. The fourth-order valence-electron chi connectivity index (χ4n) is 3.52. The summed E-state index contributed by atoms with van der Waals surface area (Å²) >= 11 is 7.43. The van der Waals surface area contributed by atoms with Crippen molar-refractivity contribution in [3.63, 3.8) is 0 Å². The summed E-state index contributed by atoms with van der Waals surface area (Å²) in [4.78, 5) is 43.3. The average Bonchev–Trinajstić information content (AvgIpc) is 2.97. The zero-order valence-electron chi connectivity index (χ0n) is 21.4. The van der Waals surface area contributed by atoms with Crippen molar-refractivity contribution in [3.8, 4) is 5.75 Å². The number of nitrogens with zero attached hydrogens (tertiary/aromatic N) is 1. The molecule has 1 aromatic heterocycles. The minimum atomic E-state index is -0.510. The van der Waals surface area contributed by atoms with E-state index in [9.17, 15) is 14.4 Å². The van der Waals surface area contributed by atoms with E-state index in [1.165, 1.54) is 18.9 Å². The lowest BCUT2D eigenvalue weighted by atomic mass is 10.2. The maximum atomic E-state index is 13.2. The molecule has 0 unspecified atom stereocenters. The molecule has 10 heteroatoms. The van der Waals surface area contributed by atoms with E-state index in [2.05, 4.69) is 20.9 Å². The SMILES string of the molecule is COc1ccc(NC(=O)CSc2cccc(NC(=O)/C(=C/c3cccnc3)NC(=O)c3ccccc3)c2)cc1Cl. The molecule has 0 atom stereocenters. The van der Waals surface area contributed by atoms with Crippen LogP contribution in [0.4, 0.5) is 11.4 Å². The molecule has 3 aromatic carbocycles. The highest BCUT2D eigenvalue weighted by Gasteiger charge is 2.15. The molecule has 3 amide bonds. The fraction of sp³-hybridized carbons (Fsp3) is 0.0667. The summed E-state index contributed by atoms with van der Waals surface area (Å²) in [6.07, 6.45) is 4.76. The van der Waals surface area contributed by atoms with Crippen molar-refractivity contribution in [3.05, 3.63) is 119 Å². The van der Waals surface area contributed by atoms with Crippen LogP contribution in [0.3, 0.4) is 0 Å². The minimum Gasteiger partial charge on any atom is -0.495 e. The van der Waals surface area contributed by atoms with Crippen molar-refractivity contribution in [2.45, 2.75) is 4.90 Å². The van der Waals surface area contributed by atoms with E-state index in [1.807, 2.05) is 6.07 Å². The summed E-state index contributed by atoms with van der Waals surface area (Å²) in [5, 5.41) is 8.71. The Morgan fingerprint density at radius 1 is 0.925 bits per heavy atom. The third-order valence-corrected chi connectivity index (χ3v) is 6.71. The zero-order chi connectivity index (χ0) is 28.3. The highest BCUT2D eigenvalue weighted by atomic mass is 35.5. The van der Waals surface area contributed by atoms with E-state index in [1.54, 1.807) is 97.3 Å².